The molecule has 1 aliphatic heterocycles. The Bertz CT molecular complexity index is 1990. The minimum atomic E-state index is -0.551. The summed E-state index contributed by atoms with van der Waals surface area (Å²) in [7, 11) is 5.34. The number of nitrogens with one attached hydrogen (secondary N) is 2. The van der Waals surface area contributed by atoms with Crippen molar-refractivity contribution in [3.8, 4) is 11.1 Å². The van der Waals surface area contributed by atoms with Crippen LogP contribution < -0.4 is 10.6 Å². The molecule has 1 saturated heterocycles. The predicted octanol–water partition coefficient (Wildman–Crippen LogP) is 8.44. The van der Waals surface area contributed by atoms with Crippen molar-refractivity contribution < 1.29 is 28.7 Å². The first-order chi connectivity index (χ1) is 28.3. The molecular formula is C45H61N7O6S. The Labute approximate surface area is 353 Å². The van der Waals surface area contributed by atoms with E-state index in [-0.39, 0.29) is 24.0 Å². The smallest absolute Gasteiger partial charge is 0.411 e. The predicted molar refractivity (Wildman–Crippen MR) is 236 cm³/mol. The van der Waals surface area contributed by atoms with Crippen LogP contribution in [0.25, 0.3) is 21.3 Å². The number of carbonyl (C=O) groups excluding carboxylic acids is 4. The zero-order chi connectivity index (χ0) is 42.4. The summed E-state index contributed by atoms with van der Waals surface area (Å²) in [6.45, 7) is 10.3. The van der Waals surface area contributed by atoms with Crippen LogP contribution in [-0.2, 0) is 14.3 Å². The monoisotopic (exact) mass is 827 g/mol. The van der Waals surface area contributed by atoms with Gasteiger partial charge in [-0.3, -0.25) is 14.9 Å². The highest BCUT2D eigenvalue weighted by Crippen LogP contribution is 2.29. The Morgan fingerprint density at radius 3 is 2.29 bits per heavy atom. The Balaban J connectivity index is 0.921. The van der Waals surface area contributed by atoms with Gasteiger partial charge in [0, 0.05) is 84.5 Å². The minimum absolute atomic E-state index is 0.0784. The largest absolute Gasteiger partial charge is 0.446 e. The molecule has 0 saturated carbocycles. The minimum Gasteiger partial charge on any atom is -0.446 e. The molecule has 2 N–H and O–H groups in total. The number of hydrogen-bond acceptors (Lipinski definition) is 10. The van der Waals surface area contributed by atoms with Crippen LogP contribution in [0.1, 0.15) is 76.1 Å². The number of ether oxygens (including phenoxy) is 2. The topological polar surface area (TPSA) is 137 Å². The lowest BCUT2D eigenvalue weighted by Gasteiger charge is -2.32. The third kappa shape index (κ3) is 14.2. The Hall–Kier alpha value is -5.21. The van der Waals surface area contributed by atoms with Gasteiger partial charge in [0.2, 0.25) is 5.91 Å². The number of thiazole rings is 1. The maximum Gasteiger partial charge on any atom is 0.411 e. The molecule has 0 atom stereocenters. The number of likely N-dealkylation sites (tertiary alicyclic amines) is 1. The summed E-state index contributed by atoms with van der Waals surface area (Å²) in [6.07, 6.45) is 4.37. The van der Waals surface area contributed by atoms with Gasteiger partial charge in [-0.25, -0.2) is 14.6 Å². The number of para-hydroxylation sites is 1. The van der Waals surface area contributed by atoms with Crippen molar-refractivity contribution in [2.24, 2.45) is 0 Å². The number of hydrogen-bond donors (Lipinski definition) is 2. The molecule has 1 aromatic heterocycles. The molecule has 59 heavy (non-hydrogen) atoms. The summed E-state index contributed by atoms with van der Waals surface area (Å²) in [6, 6.07) is 23.3. The van der Waals surface area contributed by atoms with Crippen molar-refractivity contribution in [2.75, 3.05) is 77.6 Å². The normalized spacial score (nSPS) is 13.5. The fourth-order valence-electron chi connectivity index (χ4n) is 6.81. The lowest BCUT2D eigenvalue weighted by atomic mass is 10.0. The maximum absolute atomic E-state index is 13.1. The van der Waals surface area contributed by atoms with E-state index < -0.39 is 11.7 Å². The molecule has 0 spiro atoms. The second-order valence-electron chi connectivity index (χ2n) is 16.2. The number of anilines is 2. The second kappa shape index (κ2) is 21.7. The third-order valence-corrected chi connectivity index (χ3v) is 11.2. The lowest BCUT2D eigenvalue weighted by molar-refractivity contribution is -0.130. The van der Waals surface area contributed by atoms with E-state index in [1.54, 1.807) is 25.1 Å². The molecule has 1 fully saturated rings. The molecule has 0 bridgehead atoms. The van der Waals surface area contributed by atoms with Gasteiger partial charge in [-0.05, 0) is 82.7 Å². The number of benzene rings is 3. The molecule has 4 aromatic rings. The van der Waals surface area contributed by atoms with Crippen LogP contribution in [0.3, 0.4) is 0 Å². The molecule has 0 aliphatic carbocycles. The van der Waals surface area contributed by atoms with Crippen molar-refractivity contribution in [1.29, 1.82) is 0 Å². The highest BCUT2D eigenvalue weighted by molar-refractivity contribution is 7.22. The quantitative estimate of drug-likeness (QED) is 0.0948. The molecule has 0 radical (unpaired) electrons. The van der Waals surface area contributed by atoms with E-state index in [1.807, 2.05) is 99.4 Å². The summed E-state index contributed by atoms with van der Waals surface area (Å²) in [5.41, 5.74) is 3.59. The summed E-state index contributed by atoms with van der Waals surface area (Å²) in [4.78, 5) is 63.0. The van der Waals surface area contributed by atoms with Gasteiger partial charge in [-0.2, -0.15) is 0 Å². The van der Waals surface area contributed by atoms with Gasteiger partial charge in [0.25, 0.3) is 5.91 Å². The van der Waals surface area contributed by atoms with E-state index >= 15 is 0 Å². The number of fused-ring (bicyclic) bond motifs is 1. The van der Waals surface area contributed by atoms with E-state index in [4.69, 9.17) is 9.47 Å². The van der Waals surface area contributed by atoms with Gasteiger partial charge in [-0.15, -0.1) is 0 Å². The standard InChI is InChI=1S/C45H61N7O6S/c1-45(2,3)58-44(56)51(6)27-15-26-50(5)41(54)34-21-22-38-39(32-34)59-42(47-38)46-25-14-8-11-20-40(53)49(4)30-31-52-28-23-35(24-29-52)57-43(55)48-37-19-13-12-18-36(37)33-16-9-7-10-17-33/h7,9-10,12-13,16-19,21-22,32,35H,8,11,14-15,20,23-31H2,1-6H3,(H,46,47)(H,48,55). The zero-order valence-electron chi connectivity index (χ0n) is 35.5. The molecule has 1 aliphatic rings. The summed E-state index contributed by atoms with van der Waals surface area (Å²) in [5.74, 6) is 0.0734. The average molecular weight is 828 g/mol. The molecule has 0 unspecified atom stereocenters. The van der Waals surface area contributed by atoms with Gasteiger partial charge in [0.1, 0.15) is 11.7 Å². The van der Waals surface area contributed by atoms with E-state index in [0.29, 0.717) is 38.0 Å². The highest BCUT2D eigenvalue weighted by atomic mass is 32.1. The average Bonchev–Trinajstić information content (AvgIpc) is 3.63. The van der Waals surface area contributed by atoms with Crippen molar-refractivity contribution in [2.45, 2.75) is 77.4 Å². The fraction of sp³-hybridized carbons (Fsp3) is 0.489. The van der Waals surface area contributed by atoms with Gasteiger partial charge in [-0.1, -0.05) is 66.3 Å². The molecule has 5 rings (SSSR count). The van der Waals surface area contributed by atoms with Gasteiger partial charge >= 0.3 is 12.2 Å². The van der Waals surface area contributed by atoms with Crippen molar-refractivity contribution in [1.82, 2.24) is 24.6 Å². The van der Waals surface area contributed by atoms with Gasteiger partial charge < -0.3 is 34.4 Å². The van der Waals surface area contributed by atoms with Crippen LogP contribution in [-0.4, -0.2) is 127 Å². The van der Waals surface area contributed by atoms with E-state index in [9.17, 15) is 19.2 Å². The zero-order valence-corrected chi connectivity index (χ0v) is 36.3. The van der Waals surface area contributed by atoms with Crippen molar-refractivity contribution in [3.63, 3.8) is 0 Å². The third-order valence-electron chi connectivity index (χ3n) is 10.3. The first-order valence-electron chi connectivity index (χ1n) is 20.7. The Kier molecular flexibility index (Phi) is 16.5. The number of rotatable bonds is 18. The number of nitrogens with zero attached hydrogens (tertiary/aromatic N) is 5. The van der Waals surface area contributed by atoms with Crippen LogP contribution in [0.4, 0.5) is 20.4 Å². The van der Waals surface area contributed by atoms with E-state index in [2.05, 4.69) is 20.5 Å². The Morgan fingerprint density at radius 2 is 1.54 bits per heavy atom. The van der Waals surface area contributed by atoms with Crippen LogP contribution in [0.5, 0.6) is 0 Å². The van der Waals surface area contributed by atoms with Gasteiger partial charge in [0.05, 0.1) is 15.9 Å². The first kappa shape index (κ1) is 44.9. The SMILES string of the molecule is CN(CCN1CCC(OC(=O)Nc2ccccc2-c2ccccc2)CC1)C(=O)CCCCCNc1nc2ccc(C(=O)N(C)CCCN(C)C(=O)OC(C)(C)C)cc2s1. The number of piperidine rings is 1. The number of carbonyl (C=O) groups is 4. The number of aromatic nitrogens is 1. The summed E-state index contributed by atoms with van der Waals surface area (Å²) in [5, 5.41) is 7.15. The molecular weight excluding hydrogens is 767 g/mol. The van der Waals surface area contributed by atoms with Crippen LogP contribution in [0.2, 0.25) is 0 Å². The van der Waals surface area contributed by atoms with Crippen LogP contribution in [0, 0.1) is 0 Å². The fourth-order valence-corrected chi connectivity index (χ4v) is 7.75. The maximum atomic E-state index is 13.1. The van der Waals surface area contributed by atoms with Crippen molar-refractivity contribution >= 4 is 56.4 Å². The lowest BCUT2D eigenvalue weighted by Crippen LogP contribution is -2.42. The number of unbranched alkanes of at least 4 members (excludes halogenated alkanes) is 2. The highest BCUT2D eigenvalue weighted by Gasteiger charge is 2.24. The molecule has 318 valence electrons. The van der Waals surface area contributed by atoms with E-state index in [0.717, 1.165) is 90.4 Å². The summed E-state index contributed by atoms with van der Waals surface area (Å²) < 4.78 is 12.1. The van der Waals surface area contributed by atoms with Gasteiger partial charge in [0.15, 0.2) is 5.13 Å². The van der Waals surface area contributed by atoms with Crippen LogP contribution in [0.15, 0.2) is 72.8 Å². The molecule has 4 amide bonds. The molecule has 3 aromatic carbocycles. The van der Waals surface area contributed by atoms with Crippen LogP contribution >= 0.6 is 11.3 Å². The molecule has 13 nitrogen and oxygen atoms in total. The van der Waals surface area contributed by atoms with E-state index in [1.165, 1.54) is 16.2 Å². The summed E-state index contributed by atoms with van der Waals surface area (Å²) >= 11 is 1.52. The first-order valence-corrected chi connectivity index (χ1v) is 21.5. The molecule has 2 heterocycles. The Morgan fingerprint density at radius 1 is 0.831 bits per heavy atom. The number of amides is 4. The number of likely N-dealkylation sites (N-methyl/N-ethyl adjacent to an activating group) is 1. The second-order valence-corrected chi connectivity index (χ2v) is 17.2. The molecule has 14 heteroatoms. The van der Waals surface area contributed by atoms with Crippen molar-refractivity contribution in [3.05, 3.63) is 78.4 Å².